The average Bonchev–Trinajstić information content (AvgIpc) is 2.51. The van der Waals surface area contributed by atoms with Crippen molar-refractivity contribution in [3.05, 3.63) is 64.8 Å². The van der Waals surface area contributed by atoms with Crippen molar-refractivity contribution in [2.45, 2.75) is 9.92 Å². The highest BCUT2D eigenvalue weighted by Crippen LogP contribution is 2.36. The quantitative estimate of drug-likeness (QED) is 0.584. The van der Waals surface area contributed by atoms with Crippen LogP contribution in [0.25, 0.3) is 10.8 Å². The Morgan fingerprint density at radius 3 is 2.48 bits per heavy atom. The molecule has 0 spiro atoms. The fourth-order valence-corrected chi connectivity index (χ4v) is 2.89. The lowest BCUT2D eigenvalue weighted by molar-refractivity contribution is -0.385. The van der Waals surface area contributed by atoms with Crippen LogP contribution in [0.1, 0.15) is 0 Å². The highest BCUT2D eigenvalue weighted by molar-refractivity contribution is 7.99. The fraction of sp³-hybridized carbons (Fsp3) is 0. The van der Waals surface area contributed by atoms with E-state index in [4.69, 9.17) is 0 Å². The maximum absolute atomic E-state index is 10.6. The molecule has 0 fully saturated rings. The summed E-state index contributed by atoms with van der Waals surface area (Å²) in [4.78, 5) is 15.2. The topological polar surface area (TPSA) is 76.3 Å². The molecule has 0 radical (unpaired) electrons. The number of aromatic nitrogens is 1. The number of phenols is 1. The second kappa shape index (κ2) is 5.41. The van der Waals surface area contributed by atoms with Gasteiger partial charge < -0.3 is 5.11 Å². The minimum absolute atomic E-state index is 0.0325. The monoisotopic (exact) mass is 298 g/mol. The van der Waals surface area contributed by atoms with Crippen molar-refractivity contribution < 1.29 is 10.0 Å². The molecule has 1 N–H and O–H groups in total. The molecule has 0 unspecified atom stereocenters. The van der Waals surface area contributed by atoms with E-state index >= 15 is 0 Å². The Hall–Kier alpha value is -2.60. The van der Waals surface area contributed by atoms with Gasteiger partial charge in [0.05, 0.1) is 4.92 Å². The van der Waals surface area contributed by atoms with Gasteiger partial charge in [0, 0.05) is 16.3 Å². The van der Waals surface area contributed by atoms with Gasteiger partial charge in [-0.05, 0) is 23.6 Å². The van der Waals surface area contributed by atoms with E-state index in [-0.39, 0.29) is 11.4 Å². The first-order valence-electron chi connectivity index (χ1n) is 6.14. The lowest BCUT2D eigenvalue weighted by Crippen LogP contribution is -1.89. The molecule has 0 bridgehead atoms. The molecule has 104 valence electrons. The van der Waals surface area contributed by atoms with E-state index in [2.05, 4.69) is 4.98 Å². The van der Waals surface area contributed by atoms with Crippen LogP contribution in [0.2, 0.25) is 0 Å². The molecule has 0 saturated heterocycles. The first-order chi connectivity index (χ1) is 10.1. The van der Waals surface area contributed by atoms with E-state index in [1.165, 1.54) is 24.0 Å². The number of aromatic hydroxyl groups is 1. The first-order valence-corrected chi connectivity index (χ1v) is 6.96. The molecule has 5 nitrogen and oxygen atoms in total. The SMILES string of the molecule is O=[N+]([O-])c1ccc(Sc2ccc(O)c3ccccc23)nc1. The van der Waals surface area contributed by atoms with Crippen LogP contribution in [-0.2, 0) is 0 Å². The van der Waals surface area contributed by atoms with E-state index in [1.54, 1.807) is 12.1 Å². The van der Waals surface area contributed by atoms with Crippen LogP contribution in [0, 0.1) is 10.1 Å². The van der Waals surface area contributed by atoms with Crippen molar-refractivity contribution >= 4 is 28.2 Å². The third-order valence-electron chi connectivity index (χ3n) is 3.01. The van der Waals surface area contributed by atoms with Gasteiger partial charge in [0.25, 0.3) is 5.69 Å². The number of nitro groups is 1. The Balaban J connectivity index is 1.98. The third-order valence-corrected chi connectivity index (χ3v) is 4.03. The predicted molar refractivity (Wildman–Crippen MR) is 80.6 cm³/mol. The highest BCUT2D eigenvalue weighted by Gasteiger charge is 2.09. The summed E-state index contributed by atoms with van der Waals surface area (Å²) in [6.07, 6.45) is 1.24. The van der Waals surface area contributed by atoms with Gasteiger partial charge in [0.15, 0.2) is 0 Å². The summed E-state index contributed by atoms with van der Waals surface area (Å²) in [5.41, 5.74) is -0.0325. The Kier molecular flexibility index (Phi) is 3.45. The Labute approximate surface area is 124 Å². The second-order valence-electron chi connectivity index (χ2n) is 4.34. The zero-order valence-corrected chi connectivity index (χ0v) is 11.6. The number of pyridine rings is 1. The maximum atomic E-state index is 10.6. The number of hydrogen-bond donors (Lipinski definition) is 1. The molecule has 0 aliphatic rings. The Morgan fingerprint density at radius 1 is 1.05 bits per heavy atom. The number of nitrogens with zero attached hydrogens (tertiary/aromatic N) is 2. The van der Waals surface area contributed by atoms with Gasteiger partial charge in [0.1, 0.15) is 17.0 Å². The minimum Gasteiger partial charge on any atom is -0.507 e. The lowest BCUT2D eigenvalue weighted by atomic mass is 10.1. The number of phenolic OH excluding ortho intramolecular Hbond substituents is 1. The van der Waals surface area contributed by atoms with E-state index in [1.807, 2.05) is 30.3 Å². The summed E-state index contributed by atoms with van der Waals surface area (Å²) in [7, 11) is 0. The molecule has 0 saturated carbocycles. The summed E-state index contributed by atoms with van der Waals surface area (Å²) >= 11 is 1.40. The van der Waals surface area contributed by atoms with Crippen molar-refractivity contribution in [2.24, 2.45) is 0 Å². The van der Waals surface area contributed by atoms with Crippen LogP contribution in [0.5, 0.6) is 5.75 Å². The van der Waals surface area contributed by atoms with E-state index < -0.39 is 4.92 Å². The van der Waals surface area contributed by atoms with Gasteiger partial charge in [-0.3, -0.25) is 10.1 Å². The van der Waals surface area contributed by atoms with Crippen LogP contribution in [0.3, 0.4) is 0 Å². The van der Waals surface area contributed by atoms with Gasteiger partial charge in [-0.1, -0.05) is 36.0 Å². The van der Waals surface area contributed by atoms with E-state index in [0.29, 0.717) is 5.03 Å². The third kappa shape index (κ3) is 2.66. The summed E-state index contributed by atoms with van der Waals surface area (Å²) in [6, 6.07) is 14.0. The van der Waals surface area contributed by atoms with Gasteiger partial charge in [0.2, 0.25) is 0 Å². The number of benzene rings is 2. The van der Waals surface area contributed by atoms with Crippen molar-refractivity contribution in [3.63, 3.8) is 0 Å². The van der Waals surface area contributed by atoms with Crippen LogP contribution >= 0.6 is 11.8 Å². The smallest absolute Gasteiger partial charge is 0.287 e. The van der Waals surface area contributed by atoms with Crippen molar-refractivity contribution in [3.8, 4) is 5.75 Å². The standard InChI is InChI=1S/C15H10N2O3S/c18-13-6-7-14(12-4-2-1-3-11(12)13)21-15-8-5-10(9-16-15)17(19)20/h1-9,18H. The van der Waals surface area contributed by atoms with Crippen LogP contribution < -0.4 is 0 Å². The minimum atomic E-state index is -0.475. The molecule has 3 rings (SSSR count). The van der Waals surface area contributed by atoms with Crippen LogP contribution in [0.15, 0.2) is 64.6 Å². The summed E-state index contributed by atoms with van der Waals surface area (Å²) in [6.45, 7) is 0. The Morgan fingerprint density at radius 2 is 1.81 bits per heavy atom. The Bertz CT molecular complexity index is 819. The molecule has 1 aromatic heterocycles. The van der Waals surface area contributed by atoms with E-state index in [0.717, 1.165) is 15.7 Å². The van der Waals surface area contributed by atoms with Crippen LogP contribution in [0.4, 0.5) is 5.69 Å². The van der Waals surface area contributed by atoms with Gasteiger partial charge in [-0.2, -0.15) is 0 Å². The van der Waals surface area contributed by atoms with Gasteiger partial charge in [-0.25, -0.2) is 4.98 Å². The summed E-state index contributed by atoms with van der Waals surface area (Å²) in [5.74, 6) is 0.228. The van der Waals surface area contributed by atoms with E-state index in [9.17, 15) is 15.2 Å². The normalized spacial score (nSPS) is 10.7. The average molecular weight is 298 g/mol. The molecule has 6 heteroatoms. The molecule has 0 amide bonds. The lowest BCUT2D eigenvalue weighted by Gasteiger charge is -2.07. The molecule has 0 atom stereocenters. The summed E-state index contributed by atoms with van der Waals surface area (Å²) in [5, 5.41) is 22.8. The molecule has 21 heavy (non-hydrogen) atoms. The molecular formula is C15H10N2O3S. The summed E-state index contributed by atoms with van der Waals surface area (Å²) < 4.78 is 0. The number of rotatable bonds is 3. The largest absolute Gasteiger partial charge is 0.507 e. The molecule has 2 aromatic carbocycles. The number of fused-ring (bicyclic) bond motifs is 1. The van der Waals surface area contributed by atoms with Gasteiger partial charge >= 0.3 is 0 Å². The number of hydrogen-bond acceptors (Lipinski definition) is 5. The molecule has 3 aromatic rings. The molecular weight excluding hydrogens is 288 g/mol. The van der Waals surface area contributed by atoms with Gasteiger partial charge in [-0.15, -0.1) is 0 Å². The second-order valence-corrected chi connectivity index (χ2v) is 5.40. The predicted octanol–water partition coefficient (Wildman–Crippen LogP) is 4.00. The molecule has 1 heterocycles. The highest BCUT2D eigenvalue weighted by atomic mass is 32.2. The zero-order chi connectivity index (χ0) is 14.8. The molecule has 0 aliphatic carbocycles. The first kappa shape index (κ1) is 13.4. The fourth-order valence-electron chi connectivity index (χ4n) is 2.00. The van der Waals surface area contributed by atoms with Crippen molar-refractivity contribution in [1.29, 1.82) is 0 Å². The van der Waals surface area contributed by atoms with Crippen molar-refractivity contribution in [1.82, 2.24) is 4.98 Å². The van der Waals surface area contributed by atoms with Crippen LogP contribution in [-0.4, -0.2) is 15.0 Å². The zero-order valence-electron chi connectivity index (χ0n) is 10.8. The maximum Gasteiger partial charge on any atom is 0.287 e. The molecule has 0 aliphatic heterocycles. The van der Waals surface area contributed by atoms with Crippen molar-refractivity contribution in [2.75, 3.05) is 0 Å².